The molecule has 2 atom stereocenters. The lowest BCUT2D eigenvalue weighted by atomic mass is 10.1. The molecule has 1 aliphatic rings. The van der Waals surface area contributed by atoms with Gasteiger partial charge in [-0.05, 0) is 38.1 Å². The summed E-state index contributed by atoms with van der Waals surface area (Å²) in [7, 11) is 1.91. The van der Waals surface area contributed by atoms with E-state index in [1.165, 1.54) is 5.69 Å². The zero-order chi connectivity index (χ0) is 16.4. The monoisotopic (exact) mass is 313 g/mol. The van der Waals surface area contributed by atoms with Crippen LogP contribution in [0.1, 0.15) is 24.5 Å². The van der Waals surface area contributed by atoms with Crippen molar-refractivity contribution >= 4 is 17.3 Å². The molecule has 1 aliphatic heterocycles. The van der Waals surface area contributed by atoms with Gasteiger partial charge in [0.2, 0.25) is 0 Å². The number of hydrogen-bond acceptors (Lipinski definition) is 4. The molecule has 1 fully saturated rings. The van der Waals surface area contributed by atoms with Crippen molar-refractivity contribution < 1.29 is 4.79 Å². The second-order valence-corrected chi connectivity index (χ2v) is 6.05. The number of rotatable bonds is 3. The first-order valence-corrected chi connectivity index (χ1v) is 7.95. The van der Waals surface area contributed by atoms with Crippen LogP contribution in [0.25, 0.3) is 0 Å². The standard InChI is InChI=1S/C17H23N5O/c1-12-10-21(15-6-4-14(18-3)5-7-15)11-13(2)22(12)17(23)16-19-8-9-20-16/h4-9,12-13,18H,10-11H2,1-3H3,(H,19,20). The van der Waals surface area contributed by atoms with Gasteiger partial charge in [-0.2, -0.15) is 0 Å². The van der Waals surface area contributed by atoms with Gasteiger partial charge in [-0.3, -0.25) is 4.79 Å². The van der Waals surface area contributed by atoms with Gasteiger partial charge in [0.1, 0.15) is 0 Å². The first kappa shape index (κ1) is 15.4. The van der Waals surface area contributed by atoms with Crippen molar-refractivity contribution in [3.63, 3.8) is 0 Å². The first-order valence-electron chi connectivity index (χ1n) is 7.95. The summed E-state index contributed by atoms with van der Waals surface area (Å²) in [4.78, 5) is 23.9. The zero-order valence-electron chi connectivity index (χ0n) is 13.8. The largest absolute Gasteiger partial charge is 0.388 e. The van der Waals surface area contributed by atoms with E-state index < -0.39 is 0 Å². The highest BCUT2D eigenvalue weighted by Crippen LogP contribution is 2.24. The maximum atomic E-state index is 12.6. The van der Waals surface area contributed by atoms with Crippen molar-refractivity contribution in [2.45, 2.75) is 25.9 Å². The number of H-pyrrole nitrogens is 1. The molecule has 2 N–H and O–H groups in total. The number of benzene rings is 1. The van der Waals surface area contributed by atoms with Gasteiger partial charge < -0.3 is 20.1 Å². The average molecular weight is 313 g/mol. The van der Waals surface area contributed by atoms with E-state index in [0.29, 0.717) is 5.82 Å². The number of nitrogens with one attached hydrogen (secondary N) is 2. The molecule has 1 saturated heterocycles. The number of hydrogen-bond donors (Lipinski definition) is 2. The number of carbonyl (C=O) groups is 1. The predicted molar refractivity (Wildman–Crippen MR) is 91.9 cm³/mol. The fourth-order valence-corrected chi connectivity index (χ4v) is 3.28. The molecule has 1 aromatic heterocycles. The molecule has 0 bridgehead atoms. The van der Waals surface area contributed by atoms with Crippen LogP contribution >= 0.6 is 0 Å². The third-order valence-electron chi connectivity index (χ3n) is 4.38. The second-order valence-electron chi connectivity index (χ2n) is 6.05. The van der Waals surface area contributed by atoms with E-state index in [4.69, 9.17) is 0 Å². The Morgan fingerprint density at radius 3 is 2.39 bits per heavy atom. The molecule has 6 heteroatoms. The molecule has 23 heavy (non-hydrogen) atoms. The van der Waals surface area contributed by atoms with Gasteiger partial charge in [0, 0.05) is 56.0 Å². The van der Waals surface area contributed by atoms with Crippen molar-refractivity contribution in [1.82, 2.24) is 14.9 Å². The quantitative estimate of drug-likeness (QED) is 0.912. The van der Waals surface area contributed by atoms with E-state index in [2.05, 4.69) is 58.3 Å². The Morgan fingerprint density at radius 2 is 1.87 bits per heavy atom. The van der Waals surface area contributed by atoms with Gasteiger partial charge in [-0.15, -0.1) is 0 Å². The van der Waals surface area contributed by atoms with Gasteiger partial charge in [0.25, 0.3) is 5.91 Å². The Labute approximate surface area is 136 Å². The maximum absolute atomic E-state index is 12.6. The molecule has 2 aromatic rings. The van der Waals surface area contributed by atoms with Gasteiger partial charge in [-0.1, -0.05) is 0 Å². The van der Waals surface area contributed by atoms with Crippen LogP contribution in [-0.4, -0.2) is 53.0 Å². The molecular formula is C17H23N5O. The summed E-state index contributed by atoms with van der Waals surface area (Å²) in [6, 6.07) is 8.64. The summed E-state index contributed by atoms with van der Waals surface area (Å²) in [6.07, 6.45) is 3.30. The highest BCUT2D eigenvalue weighted by molar-refractivity contribution is 5.91. The highest BCUT2D eigenvalue weighted by Gasteiger charge is 2.34. The minimum atomic E-state index is -0.0276. The third kappa shape index (κ3) is 3.02. The van der Waals surface area contributed by atoms with E-state index in [-0.39, 0.29) is 18.0 Å². The van der Waals surface area contributed by atoms with E-state index in [1.807, 2.05) is 11.9 Å². The lowest BCUT2D eigenvalue weighted by Gasteiger charge is -2.45. The van der Waals surface area contributed by atoms with Gasteiger partial charge >= 0.3 is 0 Å². The summed E-state index contributed by atoms with van der Waals surface area (Å²) < 4.78 is 0. The summed E-state index contributed by atoms with van der Waals surface area (Å²) in [6.45, 7) is 5.81. The van der Waals surface area contributed by atoms with Crippen LogP contribution in [-0.2, 0) is 0 Å². The van der Waals surface area contributed by atoms with Crippen LogP contribution < -0.4 is 10.2 Å². The van der Waals surface area contributed by atoms with Crippen LogP contribution in [0.4, 0.5) is 11.4 Å². The molecular weight excluding hydrogens is 290 g/mol. The Hall–Kier alpha value is -2.50. The molecule has 2 unspecified atom stereocenters. The topological polar surface area (TPSA) is 64.3 Å². The van der Waals surface area contributed by atoms with Crippen LogP contribution in [0.5, 0.6) is 0 Å². The fraction of sp³-hybridized carbons (Fsp3) is 0.412. The Kier molecular flexibility index (Phi) is 4.23. The van der Waals surface area contributed by atoms with Crippen molar-refractivity contribution in [1.29, 1.82) is 0 Å². The normalized spacial score (nSPS) is 21.3. The fourth-order valence-electron chi connectivity index (χ4n) is 3.28. The number of anilines is 2. The summed E-state index contributed by atoms with van der Waals surface area (Å²) in [5.74, 6) is 0.385. The Bertz CT molecular complexity index is 640. The molecule has 1 aromatic carbocycles. The van der Waals surface area contributed by atoms with E-state index >= 15 is 0 Å². The summed E-state index contributed by atoms with van der Waals surface area (Å²) in [5.41, 5.74) is 2.29. The number of amides is 1. The number of nitrogens with zero attached hydrogens (tertiary/aromatic N) is 3. The third-order valence-corrected chi connectivity index (χ3v) is 4.38. The van der Waals surface area contributed by atoms with Crippen LogP contribution in [0, 0.1) is 0 Å². The lowest BCUT2D eigenvalue weighted by Crippen LogP contribution is -2.59. The molecule has 2 heterocycles. The van der Waals surface area contributed by atoms with E-state index in [0.717, 1.165) is 18.8 Å². The Morgan fingerprint density at radius 1 is 1.22 bits per heavy atom. The van der Waals surface area contributed by atoms with Gasteiger partial charge in [-0.25, -0.2) is 4.98 Å². The second kappa shape index (κ2) is 6.32. The number of carbonyl (C=O) groups excluding carboxylic acids is 1. The average Bonchev–Trinajstić information content (AvgIpc) is 3.08. The van der Waals surface area contributed by atoms with Crippen LogP contribution in [0.2, 0.25) is 0 Å². The SMILES string of the molecule is CNc1ccc(N2CC(C)N(C(=O)c3ncc[nH]3)C(C)C2)cc1. The number of imidazole rings is 1. The molecule has 0 aliphatic carbocycles. The number of aromatic nitrogens is 2. The smallest absolute Gasteiger partial charge is 0.290 e. The summed E-state index contributed by atoms with van der Waals surface area (Å²) >= 11 is 0. The number of piperazine rings is 1. The van der Waals surface area contributed by atoms with Crippen molar-refractivity contribution in [3.8, 4) is 0 Å². The molecule has 6 nitrogen and oxygen atoms in total. The summed E-state index contributed by atoms with van der Waals surface area (Å²) in [5, 5.41) is 3.13. The highest BCUT2D eigenvalue weighted by atomic mass is 16.2. The molecule has 0 radical (unpaired) electrons. The maximum Gasteiger partial charge on any atom is 0.290 e. The van der Waals surface area contributed by atoms with Gasteiger partial charge in [0.15, 0.2) is 5.82 Å². The van der Waals surface area contributed by atoms with Crippen LogP contribution in [0.3, 0.4) is 0 Å². The minimum Gasteiger partial charge on any atom is -0.388 e. The van der Waals surface area contributed by atoms with E-state index in [1.54, 1.807) is 12.4 Å². The number of aromatic amines is 1. The molecule has 1 amide bonds. The molecule has 0 spiro atoms. The molecule has 3 rings (SSSR count). The van der Waals surface area contributed by atoms with Crippen molar-refractivity contribution in [2.24, 2.45) is 0 Å². The first-order chi connectivity index (χ1) is 11.1. The van der Waals surface area contributed by atoms with Crippen molar-refractivity contribution in [3.05, 3.63) is 42.5 Å². The molecule has 122 valence electrons. The van der Waals surface area contributed by atoms with Crippen LogP contribution in [0.15, 0.2) is 36.7 Å². The minimum absolute atomic E-state index is 0.0276. The zero-order valence-corrected chi connectivity index (χ0v) is 13.8. The Balaban J connectivity index is 1.74. The lowest BCUT2D eigenvalue weighted by molar-refractivity contribution is 0.0563. The van der Waals surface area contributed by atoms with Crippen molar-refractivity contribution in [2.75, 3.05) is 30.4 Å². The van der Waals surface area contributed by atoms with Gasteiger partial charge in [0.05, 0.1) is 0 Å². The van der Waals surface area contributed by atoms with E-state index in [9.17, 15) is 4.79 Å². The predicted octanol–water partition coefficient (Wildman–Crippen LogP) is 2.19. The molecule has 0 saturated carbocycles.